The maximum Gasteiger partial charge on any atom is 0.232 e. The number of thioether (sulfide) groups is 1. The van der Waals surface area contributed by atoms with Gasteiger partial charge < -0.3 is 9.64 Å². The number of benzene rings is 2. The van der Waals surface area contributed by atoms with Crippen molar-refractivity contribution in [3.63, 3.8) is 0 Å². The van der Waals surface area contributed by atoms with Crippen LogP contribution in [0.5, 0.6) is 0 Å². The molecule has 0 unspecified atom stereocenters. The van der Waals surface area contributed by atoms with Gasteiger partial charge in [-0.05, 0) is 37.3 Å². The summed E-state index contributed by atoms with van der Waals surface area (Å²) in [5.41, 5.74) is 3.51. The zero-order valence-corrected chi connectivity index (χ0v) is 19.4. The molecular formula is C24H22FN7OS. The van der Waals surface area contributed by atoms with Crippen LogP contribution in [-0.4, -0.2) is 50.8 Å². The van der Waals surface area contributed by atoms with Gasteiger partial charge in [0, 0.05) is 18.8 Å². The summed E-state index contributed by atoms with van der Waals surface area (Å²) in [7, 11) is 0. The Morgan fingerprint density at radius 3 is 2.56 bits per heavy atom. The van der Waals surface area contributed by atoms with Crippen molar-refractivity contribution in [2.45, 2.75) is 17.8 Å². The zero-order chi connectivity index (χ0) is 23.5. The molecule has 1 saturated heterocycles. The van der Waals surface area contributed by atoms with Crippen molar-refractivity contribution in [2.24, 2.45) is 0 Å². The average Bonchev–Trinajstić information content (AvgIpc) is 3.44. The van der Waals surface area contributed by atoms with Crippen LogP contribution in [0.1, 0.15) is 17.0 Å². The summed E-state index contributed by atoms with van der Waals surface area (Å²) in [6.07, 6.45) is 0. The highest BCUT2D eigenvalue weighted by molar-refractivity contribution is 7.98. The maximum absolute atomic E-state index is 14.1. The summed E-state index contributed by atoms with van der Waals surface area (Å²) in [5, 5.41) is 23.9. The Balaban J connectivity index is 1.53. The number of halogens is 1. The number of nitriles is 1. The molecule has 34 heavy (non-hydrogen) atoms. The smallest absolute Gasteiger partial charge is 0.232 e. The number of aromatic nitrogens is 5. The number of hydrogen-bond acceptors (Lipinski definition) is 7. The molecule has 10 heteroatoms. The third kappa shape index (κ3) is 4.27. The molecule has 0 radical (unpaired) electrons. The molecular weight excluding hydrogens is 453 g/mol. The fourth-order valence-electron chi connectivity index (χ4n) is 3.93. The van der Waals surface area contributed by atoms with Crippen LogP contribution >= 0.6 is 11.8 Å². The van der Waals surface area contributed by atoms with E-state index >= 15 is 0 Å². The molecule has 2 aromatic carbocycles. The Morgan fingerprint density at radius 1 is 1.06 bits per heavy atom. The van der Waals surface area contributed by atoms with E-state index in [0.717, 1.165) is 11.4 Å². The molecule has 0 spiro atoms. The lowest BCUT2D eigenvalue weighted by Crippen LogP contribution is -2.37. The molecule has 172 valence electrons. The van der Waals surface area contributed by atoms with E-state index in [9.17, 15) is 9.65 Å². The number of hydrogen-bond donors (Lipinski definition) is 0. The molecule has 2 aromatic heterocycles. The topological polar surface area (TPSA) is 84.8 Å². The van der Waals surface area contributed by atoms with Gasteiger partial charge in [-0.1, -0.05) is 36.0 Å². The van der Waals surface area contributed by atoms with Crippen molar-refractivity contribution in [3.05, 3.63) is 77.4 Å². The summed E-state index contributed by atoms with van der Waals surface area (Å²) in [6.45, 7) is 4.38. The molecule has 1 aliphatic heterocycles. The van der Waals surface area contributed by atoms with Gasteiger partial charge in [0.25, 0.3) is 0 Å². The molecule has 8 nitrogen and oxygen atoms in total. The van der Waals surface area contributed by atoms with E-state index in [2.05, 4.69) is 26.3 Å². The van der Waals surface area contributed by atoms with Crippen molar-refractivity contribution in [1.29, 1.82) is 5.26 Å². The maximum atomic E-state index is 14.1. The Kier molecular flexibility index (Phi) is 6.29. The van der Waals surface area contributed by atoms with Crippen LogP contribution < -0.4 is 4.90 Å². The van der Waals surface area contributed by atoms with Gasteiger partial charge in [-0.3, -0.25) is 4.57 Å². The van der Waals surface area contributed by atoms with Crippen molar-refractivity contribution >= 4 is 17.7 Å². The largest absolute Gasteiger partial charge is 0.378 e. The normalized spacial score (nSPS) is 13.7. The number of nitrogens with zero attached hydrogens (tertiary/aromatic N) is 7. The van der Waals surface area contributed by atoms with Crippen LogP contribution in [-0.2, 0) is 10.5 Å². The number of para-hydroxylation sites is 1. The molecule has 3 heterocycles. The second-order valence-electron chi connectivity index (χ2n) is 7.75. The van der Waals surface area contributed by atoms with Crippen LogP contribution in [0.15, 0.2) is 59.8 Å². The van der Waals surface area contributed by atoms with Crippen molar-refractivity contribution < 1.29 is 9.13 Å². The first-order valence-electron chi connectivity index (χ1n) is 10.9. The molecule has 1 fully saturated rings. The Morgan fingerprint density at radius 2 is 1.82 bits per heavy atom. The molecule has 1 aliphatic rings. The average molecular weight is 476 g/mol. The second-order valence-corrected chi connectivity index (χ2v) is 8.69. The minimum Gasteiger partial charge on any atom is -0.378 e. The summed E-state index contributed by atoms with van der Waals surface area (Å²) in [6, 6.07) is 18.4. The number of morpholine rings is 1. The monoisotopic (exact) mass is 475 g/mol. The Hall–Kier alpha value is -3.68. The van der Waals surface area contributed by atoms with E-state index in [4.69, 9.17) is 4.74 Å². The van der Waals surface area contributed by atoms with E-state index in [0.29, 0.717) is 60.1 Å². The lowest BCUT2D eigenvalue weighted by molar-refractivity contribution is 0.122. The third-order valence-electron chi connectivity index (χ3n) is 5.58. The summed E-state index contributed by atoms with van der Waals surface area (Å²) in [5.74, 6) is 0.749. The van der Waals surface area contributed by atoms with E-state index < -0.39 is 0 Å². The first-order valence-corrected chi connectivity index (χ1v) is 11.8. The molecule has 0 amide bonds. The van der Waals surface area contributed by atoms with Crippen molar-refractivity contribution in [3.8, 4) is 17.4 Å². The lowest BCUT2D eigenvalue weighted by atomic mass is 10.2. The van der Waals surface area contributed by atoms with E-state index in [1.807, 2.05) is 47.9 Å². The van der Waals surface area contributed by atoms with Gasteiger partial charge in [0.15, 0.2) is 5.16 Å². The van der Waals surface area contributed by atoms with Gasteiger partial charge >= 0.3 is 0 Å². The lowest BCUT2D eigenvalue weighted by Gasteiger charge is -2.27. The summed E-state index contributed by atoms with van der Waals surface area (Å²) < 4.78 is 23.3. The summed E-state index contributed by atoms with van der Waals surface area (Å²) >= 11 is 1.43. The third-order valence-corrected chi connectivity index (χ3v) is 6.52. The van der Waals surface area contributed by atoms with E-state index in [1.54, 1.807) is 10.7 Å². The fraction of sp³-hybridized carbons (Fsp3) is 0.250. The number of ether oxygens (including phenoxy) is 1. The predicted molar refractivity (Wildman–Crippen MR) is 127 cm³/mol. The van der Waals surface area contributed by atoms with Crippen LogP contribution in [0, 0.1) is 24.1 Å². The van der Waals surface area contributed by atoms with Crippen LogP contribution in [0.25, 0.3) is 11.4 Å². The molecule has 0 atom stereocenters. The molecule has 5 rings (SSSR count). The van der Waals surface area contributed by atoms with Gasteiger partial charge in [0.05, 0.1) is 41.5 Å². The molecule has 0 saturated carbocycles. The van der Waals surface area contributed by atoms with Crippen molar-refractivity contribution in [1.82, 2.24) is 24.5 Å². The first-order chi connectivity index (χ1) is 16.7. The first kappa shape index (κ1) is 22.1. The van der Waals surface area contributed by atoms with E-state index in [-0.39, 0.29) is 5.82 Å². The predicted octanol–water partition coefficient (Wildman–Crippen LogP) is 3.90. The van der Waals surface area contributed by atoms with Gasteiger partial charge in [0.2, 0.25) is 5.95 Å². The molecule has 4 aromatic rings. The van der Waals surface area contributed by atoms with Crippen LogP contribution in [0.2, 0.25) is 0 Å². The molecule has 0 aliphatic carbocycles. The molecule has 0 N–H and O–H groups in total. The van der Waals surface area contributed by atoms with Gasteiger partial charge in [-0.25, -0.2) is 9.07 Å². The van der Waals surface area contributed by atoms with Gasteiger partial charge in [-0.2, -0.15) is 10.4 Å². The number of rotatable bonds is 6. The fourth-order valence-corrected chi connectivity index (χ4v) is 4.88. The highest BCUT2D eigenvalue weighted by Gasteiger charge is 2.24. The Bertz CT molecular complexity index is 1340. The highest BCUT2D eigenvalue weighted by atomic mass is 32.2. The standard InChI is InChI=1S/C24H22FN7OS/c1-17-21(15-26)22(32(29-17)19-7-3-2-4-8-19)16-34-24-28-27-23(30-10-12-33-13-11-30)31(24)20-9-5-6-18(25)14-20/h2-9,14H,10-13,16H2,1H3. The minimum absolute atomic E-state index is 0.334. The van der Waals surface area contributed by atoms with Gasteiger partial charge in [0.1, 0.15) is 11.9 Å². The minimum atomic E-state index is -0.334. The van der Waals surface area contributed by atoms with Crippen LogP contribution in [0.3, 0.4) is 0 Å². The van der Waals surface area contributed by atoms with E-state index in [1.165, 1.54) is 23.9 Å². The molecule has 0 bridgehead atoms. The second kappa shape index (κ2) is 9.67. The SMILES string of the molecule is Cc1nn(-c2ccccc2)c(CSc2nnc(N3CCOCC3)n2-c2cccc(F)c2)c1C#N. The Labute approximate surface area is 200 Å². The van der Waals surface area contributed by atoms with Crippen molar-refractivity contribution in [2.75, 3.05) is 31.2 Å². The highest BCUT2D eigenvalue weighted by Crippen LogP contribution is 2.31. The number of anilines is 1. The quantitative estimate of drug-likeness (QED) is 0.391. The number of aryl methyl sites for hydroxylation is 1. The zero-order valence-electron chi connectivity index (χ0n) is 18.6. The van der Waals surface area contributed by atoms with Crippen LogP contribution in [0.4, 0.5) is 10.3 Å². The summed E-state index contributed by atoms with van der Waals surface area (Å²) in [4.78, 5) is 2.09. The van der Waals surface area contributed by atoms with Gasteiger partial charge in [-0.15, -0.1) is 10.2 Å².